The van der Waals surface area contributed by atoms with E-state index in [9.17, 15) is 20.1 Å². The van der Waals surface area contributed by atoms with Crippen molar-refractivity contribution in [2.45, 2.75) is 0 Å². The zero-order chi connectivity index (χ0) is 27.7. The van der Waals surface area contributed by atoms with Crippen LogP contribution < -0.4 is 11.5 Å². The van der Waals surface area contributed by atoms with Gasteiger partial charge in [-0.05, 0) is 22.9 Å². The van der Waals surface area contributed by atoms with Crippen molar-refractivity contribution in [3.05, 3.63) is 119 Å². The second-order valence-electron chi connectivity index (χ2n) is 9.52. The van der Waals surface area contributed by atoms with Crippen LogP contribution in [0.4, 0.5) is 11.6 Å². The van der Waals surface area contributed by atoms with Crippen LogP contribution in [0.25, 0.3) is 32.9 Å². The number of nitriles is 2. The van der Waals surface area contributed by atoms with E-state index >= 15 is 0 Å². The molecule has 0 saturated heterocycles. The maximum Gasteiger partial charge on any atom is 0.214 e. The topological polar surface area (TPSA) is 144 Å². The van der Waals surface area contributed by atoms with Crippen molar-refractivity contribution in [1.29, 1.82) is 10.5 Å². The van der Waals surface area contributed by atoms with Crippen molar-refractivity contribution in [2.24, 2.45) is 0 Å². The first-order valence-corrected chi connectivity index (χ1v) is 12.4. The Hall–Kier alpha value is -6.12. The molecule has 8 nitrogen and oxygen atoms in total. The van der Waals surface area contributed by atoms with E-state index < -0.39 is 11.6 Å². The van der Waals surface area contributed by atoms with Crippen molar-refractivity contribution in [3.63, 3.8) is 0 Å². The molecule has 0 aliphatic heterocycles. The van der Waals surface area contributed by atoms with Crippen LogP contribution in [0.3, 0.4) is 0 Å². The van der Waals surface area contributed by atoms with E-state index in [1.165, 1.54) is 9.13 Å². The summed E-state index contributed by atoms with van der Waals surface area (Å²) in [5.41, 5.74) is 13.6. The molecule has 0 bridgehead atoms. The molecule has 7 rings (SSSR count). The normalized spacial score (nSPS) is 12.2. The third kappa shape index (κ3) is 2.82. The number of carbonyl (C=O) groups is 2. The quantitative estimate of drug-likeness (QED) is 0.320. The van der Waals surface area contributed by atoms with Crippen LogP contribution in [0.5, 0.6) is 0 Å². The third-order valence-corrected chi connectivity index (χ3v) is 7.54. The molecule has 0 unspecified atom stereocenters. The molecule has 4 N–H and O–H groups in total. The van der Waals surface area contributed by atoms with Gasteiger partial charge in [0, 0.05) is 10.8 Å². The van der Waals surface area contributed by atoms with E-state index in [1.54, 1.807) is 12.1 Å². The molecule has 0 atom stereocenters. The van der Waals surface area contributed by atoms with Crippen molar-refractivity contribution < 1.29 is 9.59 Å². The largest absolute Gasteiger partial charge is 0.384 e. The lowest BCUT2D eigenvalue weighted by molar-refractivity contribution is 0.0971. The number of aromatic nitrogens is 2. The van der Waals surface area contributed by atoms with Gasteiger partial charge in [0.2, 0.25) is 11.6 Å². The summed E-state index contributed by atoms with van der Waals surface area (Å²) < 4.78 is 2.90. The summed E-state index contributed by atoms with van der Waals surface area (Å²) in [7, 11) is 0. The predicted molar refractivity (Wildman–Crippen MR) is 152 cm³/mol. The number of fused-ring (bicyclic) bond motifs is 4. The highest BCUT2D eigenvalue weighted by Crippen LogP contribution is 2.42. The third-order valence-electron chi connectivity index (χ3n) is 7.54. The molecule has 0 radical (unpaired) electrons. The number of hydrogen-bond acceptors (Lipinski definition) is 6. The molecule has 188 valence electrons. The van der Waals surface area contributed by atoms with Crippen LogP contribution in [0.15, 0.2) is 84.9 Å². The van der Waals surface area contributed by atoms with Crippen LogP contribution in [0.1, 0.15) is 43.2 Å². The Kier molecular flexibility index (Phi) is 4.71. The van der Waals surface area contributed by atoms with Crippen LogP contribution in [-0.2, 0) is 0 Å². The number of nitrogens with two attached hydrogens (primary N) is 2. The van der Waals surface area contributed by atoms with Crippen molar-refractivity contribution in [3.8, 4) is 23.5 Å². The first-order valence-electron chi connectivity index (χ1n) is 12.4. The van der Waals surface area contributed by atoms with Gasteiger partial charge >= 0.3 is 0 Å². The van der Waals surface area contributed by atoms with E-state index in [-0.39, 0.29) is 45.3 Å². The van der Waals surface area contributed by atoms with E-state index in [0.717, 1.165) is 21.5 Å². The summed E-state index contributed by atoms with van der Waals surface area (Å²) in [6.45, 7) is 0. The first kappa shape index (κ1) is 23.0. The zero-order valence-corrected chi connectivity index (χ0v) is 20.8. The SMILES string of the molecule is N#Cc1c2c(n(-c3cccc4ccccc34)c1N)C(=O)c1c(C#N)c(N)n(-c3cccc4ccccc34)c1C2=O. The van der Waals surface area contributed by atoms with Gasteiger partial charge in [-0.2, -0.15) is 10.5 Å². The molecular formula is C32H18N6O2. The first-order chi connectivity index (χ1) is 19.5. The molecule has 6 aromatic rings. The summed E-state index contributed by atoms with van der Waals surface area (Å²) in [6.07, 6.45) is 0. The summed E-state index contributed by atoms with van der Waals surface area (Å²) in [4.78, 5) is 28.7. The van der Waals surface area contributed by atoms with E-state index in [0.29, 0.717) is 11.4 Å². The van der Waals surface area contributed by atoms with Crippen LogP contribution in [-0.4, -0.2) is 20.7 Å². The van der Waals surface area contributed by atoms with Crippen molar-refractivity contribution in [1.82, 2.24) is 9.13 Å². The average Bonchev–Trinajstić information content (AvgIpc) is 3.46. The lowest BCUT2D eigenvalue weighted by Crippen LogP contribution is -2.25. The summed E-state index contributed by atoms with van der Waals surface area (Å²) in [6, 6.07) is 30.2. The monoisotopic (exact) mass is 518 g/mol. The second kappa shape index (κ2) is 8.19. The average molecular weight is 519 g/mol. The highest BCUT2D eigenvalue weighted by molar-refractivity contribution is 6.31. The minimum absolute atomic E-state index is 0.0288. The van der Waals surface area contributed by atoms with Gasteiger partial charge < -0.3 is 11.5 Å². The molecule has 8 heteroatoms. The van der Waals surface area contributed by atoms with E-state index in [2.05, 4.69) is 0 Å². The standard InChI is InChI=1S/C32H18N6O2/c33-15-21-25-27(37(31(21)35)23-13-5-9-17-7-1-3-11-19(17)23)29(39)26-22(16-34)32(36)38(28(26)30(25)40)24-14-6-10-18-8-2-4-12-20(18)24/h1-14H,35-36H2. The number of carbonyl (C=O) groups excluding carboxylic acids is 2. The molecule has 0 spiro atoms. The van der Waals surface area contributed by atoms with E-state index in [4.69, 9.17) is 11.5 Å². The molecule has 1 aliphatic carbocycles. The van der Waals surface area contributed by atoms with Gasteiger partial charge in [0.05, 0.1) is 22.5 Å². The van der Waals surface area contributed by atoms with Crippen LogP contribution in [0, 0.1) is 22.7 Å². The summed E-state index contributed by atoms with van der Waals surface area (Å²) in [5, 5.41) is 23.6. The molecular weight excluding hydrogens is 500 g/mol. The Balaban J connectivity index is 1.59. The van der Waals surface area contributed by atoms with Crippen molar-refractivity contribution >= 4 is 44.7 Å². The molecule has 0 amide bonds. The smallest absolute Gasteiger partial charge is 0.214 e. The number of anilines is 2. The second-order valence-corrected chi connectivity index (χ2v) is 9.52. The Bertz CT molecular complexity index is 2040. The summed E-state index contributed by atoms with van der Waals surface area (Å²) >= 11 is 0. The Morgan fingerprint density at radius 2 is 0.925 bits per heavy atom. The number of hydrogen-bond donors (Lipinski definition) is 2. The molecule has 4 aromatic carbocycles. The molecule has 2 aromatic heterocycles. The fourth-order valence-corrected chi connectivity index (χ4v) is 5.82. The van der Waals surface area contributed by atoms with E-state index in [1.807, 2.05) is 84.9 Å². The van der Waals surface area contributed by atoms with Gasteiger partial charge in [0.15, 0.2) is 0 Å². The lowest BCUT2D eigenvalue weighted by Gasteiger charge is -2.19. The van der Waals surface area contributed by atoms with Crippen LogP contribution >= 0.6 is 0 Å². The Morgan fingerprint density at radius 3 is 1.32 bits per heavy atom. The lowest BCUT2D eigenvalue weighted by atomic mass is 9.89. The van der Waals surface area contributed by atoms with Crippen molar-refractivity contribution in [2.75, 3.05) is 11.5 Å². The highest BCUT2D eigenvalue weighted by atomic mass is 16.1. The van der Waals surface area contributed by atoms with Gasteiger partial charge in [0.25, 0.3) is 0 Å². The van der Waals surface area contributed by atoms with Gasteiger partial charge in [-0.25, -0.2) is 0 Å². The predicted octanol–water partition coefficient (Wildman–Crippen LogP) is 5.26. The number of nitrogens with zero attached hydrogens (tertiary/aromatic N) is 4. The minimum atomic E-state index is -0.604. The number of ketones is 2. The van der Waals surface area contributed by atoms with Gasteiger partial charge in [0.1, 0.15) is 46.3 Å². The minimum Gasteiger partial charge on any atom is -0.384 e. The van der Waals surface area contributed by atoms with Gasteiger partial charge in [-0.1, -0.05) is 72.8 Å². The van der Waals surface area contributed by atoms with Gasteiger partial charge in [-0.15, -0.1) is 0 Å². The Morgan fingerprint density at radius 1 is 0.550 bits per heavy atom. The van der Waals surface area contributed by atoms with Gasteiger partial charge in [-0.3, -0.25) is 18.7 Å². The number of nitrogen functional groups attached to an aromatic ring is 2. The maximum absolute atomic E-state index is 14.3. The molecule has 40 heavy (non-hydrogen) atoms. The number of benzene rings is 4. The fourth-order valence-electron chi connectivity index (χ4n) is 5.82. The molecule has 2 heterocycles. The number of rotatable bonds is 2. The highest BCUT2D eigenvalue weighted by Gasteiger charge is 2.43. The fraction of sp³-hybridized carbons (Fsp3) is 0. The maximum atomic E-state index is 14.3. The zero-order valence-electron chi connectivity index (χ0n) is 20.8. The molecule has 0 fully saturated rings. The summed E-state index contributed by atoms with van der Waals surface area (Å²) in [5.74, 6) is -1.27. The molecule has 1 aliphatic rings. The molecule has 0 saturated carbocycles. The Labute approximate surface area is 227 Å². The van der Waals surface area contributed by atoms with Crippen LogP contribution in [0.2, 0.25) is 0 Å².